The van der Waals surface area contributed by atoms with E-state index in [1.807, 2.05) is 0 Å². The van der Waals surface area contributed by atoms with Gasteiger partial charge in [-0.3, -0.25) is 19.3 Å². The first-order valence-corrected chi connectivity index (χ1v) is 20.8. The quantitative estimate of drug-likeness (QED) is 0.0350. The fourth-order valence-corrected chi connectivity index (χ4v) is 8.61. The van der Waals surface area contributed by atoms with Gasteiger partial charge in [-0.1, -0.05) is 115 Å². The number of nitrogens with zero attached hydrogens (tertiary/aromatic N) is 1. The number of carboxylic acid groups (broad SMARTS) is 1. The summed E-state index contributed by atoms with van der Waals surface area (Å²) >= 11 is 0. The molecule has 1 aromatic carbocycles. The smallest absolute Gasteiger partial charge is 0.331 e. The molecule has 1 saturated carbocycles. The monoisotopic (exact) mass is 828 g/mol. The first-order chi connectivity index (χ1) is 27.9. The fraction of sp³-hybridized carbons (Fsp3) is 0.614. The molecule has 15 heteroatoms. The zero-order valence-electron chi connectivity index (χ0n) is 34.8. The van der Waals surface area contributed by atoms with Gasteiger partial charge in [-0.15, -0.1) is 0 Å². The molecule has 59 heavy (non-hydrogen) atoms. The van der Waals surface area contributed by atoms with Crippen LogP contribution < -0.4 is 5.73 Å². The van der Waals surface area contributed by atoms with E-state index in [0.717, 1.165) is 25.0 Å². The third kappa shape index (κ3) is 11.4. The van der Waals surface area contributed by atoms with Gasteiger partial charge in [0.25, 0.3) is 5.91 Å². The SMILES string of the molecule is CCCCCCCCCCCCCCCCCCOC(=O)/C=C/C(=O)O.CN(C)[C@@H]1C(=O)C(C(N)=O)=C(O)[C@@]2(O)C(=O)C3=C(O)c4c(O)cccc4[C@@](C)(O)[C@H]3[C@H](O)[C@@H]12. The Balaban J connectivity index is 0.000000327. The van der Waals surface area contributed by atoms with Gasteiger partial charge in [0.2, 0.25) is 5.78 Å². The molecular formula is C44H64N2O13. The number of amides is 1. The van der Waals surface area contributed by atoms with Gasteiger partial charge in [-0.2, -0.15) is 0 Å². The number of primary amides is 1. The molecule has 3 aliphatic carbocycles. The first kappa shape index (κ1) is 48.8. The van der Waals surface area contributed by atoms with Crippen molar-refractivity contribution in [2.24, 2.45) is 17.6 Å². The number of esters is 1. The minimum absolute atomic E-state index is 0.00664. The number of aliphatic carboxylic acids is 1. The average molecular weight is 829 g/mol. The largest absolute Gasteiger partial charge is 0.508 e. The van der Waals surface area contributed by atoms with Crippen LogP contribution in [-0.4, -0.2) is 109 Å². The summed E-state index contributed by atoms with van der Waals surface area (Å²) in [4.78, 5) is 61.3. The molecule has 6 atom stereocenters. The second-order valence-electron chi connectivity index (χ2n) is 16.2. The maximum atomic E-state index is 13.7. The summed E-state index contributed by atoms with van der Waals surface area (Å²) in [5, 5.41) is 74.7. The number of carbonyl (C=O) groups is 5. The van der Waals surface area contributed by atoms with E-state index in [2.05, 4.69) is 6.92 Å². The average Bonchev–Trinajstić information content (AvgIpc) is 3.16. The standard InChI is InChI=1S/C22H24N2O9.C22H40O4/c1-21(32)7-5-4-6-8(25)9(7)15(26)10-12(21)17(28)13-14(24(2)3)16(27)11(20(23)31)19(30)22(13,33)18(10)29;1-2-3-4-5-6-7-8-9-10-11-12-13-14-15-16-17-20-26-22(25)19-18-21(23)24/h4-6,12-14,17,25-26,28,30,32-33H,1-3H3,(H2,23,31);18-19H,2-17,20H2,1H3,(H,23,24)/b;19-18+/t12-,13-,14+,17+,21-,22+;/m1./s1. The minimum Gasteiger partial charge on any atom is -0.508 e. The number of aliphatic hydroxyl groups excluding tert-OH is 3. The van der Waals surface area contributed by atoms with Crippen LogP contribution in [-0.2, 0) is 34.3 Å². The summed E-state index contributed by atoms with van der Waals surface area (Å²) in [6, 6.07) is 2.50. The number of unbranched alkanes of at least 4 members (excludes halogenated alkanes) is 15. The maximum Gasteiger partial charge on any atom is 0.331 e. The summed E-state index contributed by atoms with van der Waals surface area (Å²) in [6.07, 6.45) is 20.8. The molecule has 0 aromatic heterocycles. The van der Waals surface area contributed by atoms with Crippen molar-refractivity contribution in [2.75, 3.05) is 20.7 Å². The number of likely N-dealkylation sites (N-methyl/N-ethyl adjacent to an activating group) is 1. The van der Waals surface area contributed by atoms with E-state index in [-0.39, 0.29) is 11.1 Å². The molecule has 4 rings (SSSR count). The van der Waals surface area contributed by atoms with Crippen LogP contribution in [0.4, 0.5) is 0 Å². The zero-order valence-corrected chi connectivity index (χ0v) is 34.8. The Morgan fingerprint density at radius 1 is 0.831 bits per heavy atom. The van der Waals surface area contributed by atoms with Crippen molar-refractivity contribution in [1.29, 1.82) is 0 Å². The van der Waals surface area contributed by atoms with Crippen LogP contribution in [0, 0.1) is 11.8 Å². The highest BCUT2D eigenvalue weighted by Crippen LogP contribution is 2.57. The van der Waals surface area contributed by atoms with Gasteiger partial charge in [0, 0.05) is 12.2 Å². The molecule has 0 unspecified atom stereocenters. The highest BCUT2D eigenvalue weighted by molar-refractivity contribution is 6.24. The first-order valence-electron chi connectivity index (χ1n) is 20.8. The number of nitrogens with two attached hydrogens (primary N) is 1. The van der Waals surface area contributed by atoms with Crippen LogP contribution in [0.25, 0.3) is 5.76 Å². The molecule has 0 saturated heterocycles. The van der Waals surface area contributed by atoms with Crippen molar-refractivity contribution in [3.63, 3.8) is 0 Å². The molecule has 1 amide bonds. The number of Topliss-reactive ketones (excluding diaryl/α,β-unsaturated/α-hetero) is 2. The van der Waals surface area contributed by atoms with Gasteiger partial charge in [0.05, 0.1) is 47.3 Å². The van der Waals surface area contributed by atoms with E-state index in [1.54, 1.807) is 0 Å². The normalized spacial score (nSPS) is 25.0. The number of phenolic OH excluding ortho intramolecular Hbond substituents is 1. The number of carbonyl (C=O) groups excluding carboxylic acids is 4. The highest BCUT2D eigenvalue weighted by atomic mass is 16.5. The molecule has 0 heterocycles. The summed E-state index contributed by atoms with van der Waals surface area (Å²) in [6.45, 7) is 3.90. The molecule has 0 radical (unpaired) electrons. The van der Waals surface area contributed by atoms with Crippen LogP contribution in [0.2, 0.25) is 0 Å². The van der Waals surface area contributed by atoms with Crippen molar-refractivity contribution < 1.29 is 64.5 Å². The second kappa shape index (κ2) is 22.2. The van der Waals surface area contributed by atoms with Crippen LogP contribution in [0.1, 0.15) is 128 Å². The number of benzene rings is 1. The van der Waals surface area contributed by atoms with E-state index in [9.17, 15) is 54.6 Å². The van der Waals surface area contributed by atoms with Gasteiger partial charge < -0.3 is 46.2 Å². The number of phenols is 1. The number of hydrogen-bond acceptors (Lipinski definition) is 13. The highest BCUT2D eigenvalue weighted by Gasteiger charge is 2.70. The van der Waals surface area contributed by atoms with Crippen LogP contribution in [0.5, 0.6) is 5.75 Å². The Morgan fingerprint density at radius 3 is 1.81 bits per heavy atom. The number of carboxylic acids is 1. The Bertz CT molecular complexity index is 1760. The zero-order chi connectivity index (χ0) is 44.1. The van der Waals surface area contributed by atoms with Crippen molar-refractivity contribution >= 4 is 35.2 Å². The molecule has 0 bridgehead atoms. The van der Waals surface area contributed by atoms with Crippen LogP contribution in [0.15, 0.2) is 47.3 Å². The van der Waals surface area contributed by atoms with E-state index in [0.29, 0.717) is 6.61 Å². The summed E-state index contributed by atoms with van der Waals surface area (Å²) < 4.78 is 4.92. The Morgan fingerprint density at radius 2 is 1.34 bits per heavy atom. The number of ether oxygens (including phenoxy) is 1. The predicted molar refractivity (Wildman–Crippen MR) is 219 cm³/mol. The van der Waals surface area contributed by atoms with E-state index in [4.69, 9.17) is 15.6 Å². The maximum absolute atomic E-state index is 13.7. The van der Waals surface area contributed by atoms with Crippen molar-refractivity contribution in [2.45, 2.75) is 140 Å². The van der Waals surface area contributed by atoms with Crippen molar-refractivity contribution in [3.8, 4) is 5.75 Å². The van der Waals surface area contributed by atoms with E-state index < -0.39 is 93.0 Å². The lowest BCUT2D eigenvalue weighted by Crippen LogP contribution is -2.71. The second-order valence-corrected chi connectivity index (χ2v) is 16.2. The summed E-state index contributed by atoms with van der Waals surface area (Å²) in [5.74, 6) is -11.4. The molecule has 0 spiro atoms. The lowest BCUT2D eigenvalue weighted by Gasteiger charge is -2.55. The lowest BCUT2D eigenvalue weighted by atomic mass is 9.53. The number of fused-ring (bicyclic) bond motifs is 3. The Hall–Kier alpha value is -4.57. The van der Waals surface area contributed by atoms with E-state index >= 15 is 0 Å². The summed E-state index contributed by atoms with van der Waals surface area (Å²) in [7, 11) is 2.80. The van der Waals surface area contributed by atoms with Crippen LogP contribution >= 0.6 is 0 Å². The molecule has 3 aliphatic rings. The van der Waals surface area contributed by atoms with Crippen LogP contribution in [0.3, 0.4) is 0 Å². The molecule has 1 fully saturated rings. The number of aromatic hydroxyl groups is 1. The van der Waals surface area contributed by atoms with Gasteiger partial charge in [-0.05, 0) is 39.1 Å². The summed E-state index contributed by atoms with van der Waals surface area (Å²) in [5.41, 5.74) is -1.78. The predicted octanol–water partition coefficient (Wildman–Crippen LogP) is 5.03. The van der Waals surface area contributed by atoms with Gasteiger partial charge in [-0.25, -0.2) is 9.59 Å². The number of aliphatic hydroxyl groups is 5. The number of rotatable bonds is 21. The van der Waals surface area contributed by atoms with Gasteiger partial charge in [0.1, 0.15) is 22.8 Å². The van der Waals surface area contributed by atoms with E-state index in [1.165, 1.54) is 134 Å². The number of hydrogen-bond donors (Lipinski definition) is 8. The molecule has 15 nitrogen and oxygen atoms in total. The van der Waals surface area contributed by atoms with Crippen molar-refractivity contribution in [1.82, 2.24) is 4.90 Å². The third-order valence-corrected chi connectivity index (χ3v) is 11.6. The minimum atomic E-state index is -3.02. The van der Waals surface area contributed by atoms with Gasteiger partial charge >= 0.3 is 11.9 Å². The Kier molecular flexibility index (Phi) is 18.3. The fourth-order valence-electron chi connectivity index (χ4n) is 8.61. The molecule has 1 aromatic rings. The van der Waals surface area contributed by atoms with Gasteiger partial charge in [0.15, 0.2) is 11.4 Å². The molecular weight excluding hydrogens is 764 g/mol. The molecule has 9 N–H and O–H groups in total. The molecule has 0 aliphatic heterocycles. The topological polar surface area (TPSA) is 265 Å². The third-order valence-electron chi connectivity index (χ3n) is 11.6. The number of ketones is 2. The lowest BCUT2D eigenvalue weighted by molar-refractivity contribution is -0.181. The Labute approximate surface area is 346 Å². The molecule has 328 valence electrons. The van der Waals surface area contributed by atoms with Crippen molar-refractivity contribution in [3.05, 3.63) is 58.4 Å².